The molecular formula is C13H13N3O2. The Bertz CT molecular complexity index is 584. The van der Waals surface area contributed by atoms with E-state index in [1.54, 1.807) is 11.9 Å². The molecule has 1 aromatic carbocycles. The first-order chi connectivity index (χ1) is 8.59. The number of hydrogen-bond donors (Lipinski definition) is 1. The van der Waals surface area contributed by atoms with Crippen molar-refractivity contribution in [1.82, 2.24) is 9.97 Å². The number of aryl methyl sites for hydroxylation is 1. The van der Waals surface area contributed by atoms with Crippen LogP contribution in [0, 0.1) is 6.92 Å². The van der Waals surface area contributed by atoms with Crippen molar-refractivity contribution < 1.29 is 9.90 Å². The Morgan fingerprint density at radius 3 is 2.67 bits per heavy atom. The summed E-state index contributed by atoms with van der Waals surface area (Å²) >= 11 is 0. The van der Waals surface area contributed by atoms with Crippen molar-refractivity contribution in [2.24, 2.45) is 0 Å². The molecule has 92 valence electrons. The summed E-state index contributed by atoms with van der Waals surface area (Å²) in [5.41, 5.74) is 1.92. The first-order valence-electron chi connectivity index (χ1n) is 5.44. The fourth-order valence-corrected chi connectivity index (χ4v) is 1.69. The van der Waals surface area contributed by atoms with Crippen LogP contribution in [0.25, 0.3) is 0 Å². The molecule has 1 N–H and O–H groups in total. The minimum atomic E-state index is -1.09. The highest BCUT2D eigenvalue weighted by atomic mass is 16.4. The van der Waals surface area contributed by atoms with Crippen LogP contribution in [0.1, 0.15) is 16.1 Å². The highest BCUT2D eigenvalue weighted by Crippen LogP contribution is 2.24. The van der Waals surface area contributed by atoms with E-state index >= 15 is 0 Å². The number of benzene rings is 1. The van der Waals surface area contributed by atoms with Gasteiger partial charge >= 0.3 is 5.97 Å². The van der Waals surface area contributed by atoms with Gasteiger partial charge in [-0.15, -0.1) is 0 Å². The largest absolute Gasteiger partial charge is 0.476 e. The van der Waals surface area contributed by atoms with Gasteiger partial charge in [0.1, 0.15) is 0 Å². The Balaban J connectivity index is 2.46. The normalized spacial score (nSPS) is 10.1. The highest BCUT2D eigenvalue weighted by molar-refractivity contribution is 5.92. The molecule has 0 spiro atoms. The molecule has 1 heterocycles. The summed E-state index contributed by atoms with van der Waals surface area (Å²) in [6, 6.07) is 7.75. The number of nitrogens with zero attached hydrogens (tertiary/aromatic N) is 3. The van der Waals surface area contributed by atoms with Gasteiger partial charge in [-0.05, 0) is 24.6 Å². The Labute approximate surface area is 105 Å². The highest BCUT2D eigenvalue weighted by Gasteiger charge is 2.17. The average molecular weight is 243 g/mol. The second kappa shape index (κ2) is 4.83. The van der Waals surface area contributed by atoms with Crippen LogP contribution in [-0.2, 0) is 0 Å². The molecule has 0 saturated carbocycles. The van der Waals surface area contributed by atoms with Gasteiger partial charge in [-0.2, -0.15) is 0 Å². The number of hydrogen-bond acceptors (Lipinski definition) is 4. The van der Waals surface area contributed by atoms with E-state index in [0.717, 1.165) is 11.3 Å². The number of aromatic carboxylic acids is 1. The van der Waals surface area contributed by atoms with Crippen molar-refractivity contribution in [3.05, 3.63) is 47.9 Å². The third-order valence-electron chi connectivity index (χ3n) is 2.59. The number of carboxylic acids is 1. The van der Waals surface area contributed by atoms with Gasteiger partial charge in [0, 0.05) is 25.1 Å². The van der Waals surface area contributed by atoms with Crippen molar-refractivity contribution in [3.63, 3.8) is 0 Å². The van der Waals surface area contributed by atoms with Gasteiger partial charge in [-0.25, -0.2) is 14.8 Å². The third-order valence-corrected chi connectivity index (χ3v) is 2.59. The lowest BCUT2D eigenvalue weighted by molar-refractivity contribution is 0.0691. The fourth-order valence-electron chi connectivity index (χ4n) is 1.69. The fraction of sp³-hybridized carbons (Fsp3) is 0.154. The maximum Gasteiger partial charge on any atom is 0.358 e. The maximum atomic E-state index is 11.1. The van der Waals surface area contributed by atoms with Crippen molar-refractivity contribution in [1.29, 1.82) is 0 Å². The van der Waals surface area contributed by atoms with E-state index in [2.05, 4.69) is 9.97 Å². The Hall–Kier alpha value is -2.43. The van der Waals surface area contributed by atoms with Crippen molar-refractivity contribution >= 4 is 17.5 Å². The Morgan fingerprint density at radius 1 is 1.28 bits per heavy atom. The van der Waals surface area contributed by atoms with Crippen molar-refractivity contribution in [2.75, 3.05) is 11.9 Å². The third kappa shape index (κ3) is 2.29. The minimum absolute atomic E-state index is 0.0542. The molecule has 5 heteroatoms. The molecule has 0 radical (unpaired) electrons. The molecule has 18 heavy (non-hydrogen) atoms. The van der Waals surface area contributed by atoms with Gasteiger partial charge in [0.25, 0.3) is 0 Å². The lowest BCUT2D eigenvalue weighted by atomic mass is 10.2. The van der Waals surface area contributed by atoms with Crippen LogP contribution in [-0.4, -0.2) is 28.1 Å². The Morgan fingerprint density at radius 2 is 2.00 bits per heavy atom. The second-order valence-corrected chi connectivity index (χ2v) is 3.93. The summed E-state index contributed by atoms with van der Waals surface area (Å²) in [4.78, 5) is 20.7. The summed E-state index contributed by atoms with van der Waals surface area (Å²) in [6.45, 7) is 1.98. The van der Waals surface area contributed by atoms with Crippen LogP contribution in [0.2, 0.25) is 0 Å². The Kier molecular flexibility index (Phi) is 3.23. The van der Waals surface area contributed by atoms with Crippen molar-refractivity contribution in [3.8, 4) is 0 Å². The summed E-state index contributed by atoms with van der Waals surface area (Å²) < 4.78 is 0. The molecule has 0 amide bonds. The number of anilines is 2. The molecule has 5 nitrogen and oxygen atoms in total. The second-order valence-electron chi connectivity index (χ2n) is 3.93. The van der Waals surface area contributed by atoms with Gasteiger partial charge < -0.3 is 10.0 Å². The molecule has 0 aliphatic rings. The van der Waals surface area contributed by atoms with Crippen molar-refractivity contribution in [2.45, 2.75) is 6.92 Å². The molecular weight excluding hydrogens is 230 g/mol. The zero-order valence-electron chi connectivity index (χ0n) is 10.2. The lowest BCUT2D eigenvalue weighted by Crippen LogP contribution is -2.17. The maximum absolute atomic E-state index is 11.1. The first-order valence-corrected chi connectivity index (χ1v) is 5.44. The standard InChI is InChI=1S/C13H13N3O2/c1-9-4-3-5-10(8-9)16(2)12-11(13(17)18)14-6-7-15-12/h3-8H,1-2H3,(H,17,18). The topological polar surface area (TPSA) is 66.3 Å². The average Bonchev–Trinajstić information content (AvgIpc) is 2.38. The predicted octanol–water partition coefficient (Wildman–Crippen LogP) is 2.25. The summed E-state index contributed by atoms with van der Waals surface area (Å²) in [6.07, 6.45) is 2.85. The van der Waals surface area contributed by atoms with E-state index in [9.17, 15) is 4.79 Å². The van der Waals surface area contributed by atoms with Crippen LogP contribution >= 0.6 is 0 Å². The first kappa shape index (κ1) is 12.0. The molecule has 0 aliphatic carbocycles. The SMILES string of the molecule is Cc1cccc(N(C)c2nccnc2C(=O)O)c1. The van der Waals surface area contributed by atoms with E-state index in [1.165, 1.54) is 12.4 Å². The quantitative estimate of drug-likeness (QED) is 0.895. The zero-order chi connectivity index (χ0) is 13.1. The van der Waals surface area contributed by atoms with Crippen LogP contribution in [0.3, 0.4) is 0 Å². The van der Waals surface area contributed by atoms with Crippen LogP contribution < -0.4 is 4.90 Å². The molecule has 0 saturated heterocycles. The monoisotopic (exact) mass is 243 g/mol. The minimum Gasteiger partial charge on any atom is -0.476 e. The van der Waals surface area contributed by atoms with E-state index in [4.69, 9.17) is 5.11 Å². The van der Waals surface area contributed by atoms with Gasteiger partial charge in [0.15, 0.2) is 11.5 Å². The molecule has 0 unspecified atom stereocenters. The summed E-state index contributed by atoms with van der Waals surface area (Å²) in [5.74, 6) is -0.756. The molecule has 1 aromatic heterocycles. The zero-order valence-corrected chi connectivity index (χ0v) is 10.2. The number of carbonyl (C=O) groups is 1. The van der Waals surface area contributed by atoms with Gasteiger partial charge in [0.2, 0.25) is 0 Å². The van der Waals surface area contributed by atoms with E-state index in [0.29, 0.717) is 5.82 Å². The predicted molar refractivity (Wildman–Crippen MR) is 68.2 cm³/mol. The number of rotatable bonds is 3. The lowest BCUT2D eigenvalue weighted by Gasteiger charge is -2.19. The van der Waals surface area contributed by atoms with Gasteiger partial charge in [-0.1, -0.05) is 12.1 Å². The van der Waals surface area contributed by atoms with Crippen LogP contribution in [0.5, 0.6) is 0 Å². The van der Waals surface area contributed by atoms with E-state index < -0.39 is 5.97 Å². The van der Waals surface area contributed by atoms with Crippen LogP contribution in [0.15, 0.2) is 36.7 Å². The number of aromatic nitrogens is 2. The molecule has 0 atom stereocenters. The molecule has 2 aromatic rings. The molecule has 0 aliphatic heterocycles. The molecule has 2 rings (SSSR count). The van der Waals surface area contributed by atoms with Gasteiger partial charge in [-0.3, -0.25) is 0 Å². The van der Waals surface area contributed by atoms with E-state index in [-0.39, 0.29) is 5.69 Å². The van der Waals surface area contributed by atoms with Crippen LogP contribution in [0.4, 0.5) is 11.5 Å². The van der Waals surface area contributed by atoms with Gasteiger partial charge in [0.05, 0.1) is 0 Å². The number of carboxylic acid groups (broad SMARTS) is 1. The van der Waals surface area contributed by atoms with E-state index in [1.807, 2.05) is 31.2 Å². The molecule has 0 fully saturated rings. The molecule has 0 bridgehead atoms. The smallest absolute Gasteiger partial charge is 0.358 e. The summed E-state index contributed by atoms with van der Waals surface area (Å²) in [7, 11) is 1.77. The summed E-state index contributed by atoms with van der Waals surface area (Å²) in [5, 5.41) is 9.09.